The van der Waals surface area contributed by atoms with E-state index in [1.165, 1.54) is 18.7 Å². The van der Waals surface area contributed by atoms with Crippen molar-refractivity contribution in [2.24, 2.45) is 0 Å². The lowest BCUT2D eigenvalue weighted by atomic mass is 10.4. The molecule has 0 amide bonds. The highest BCUT2D eigenvalue weighted by Crippen LogP contribution is 2.13. The zero-order valence-electron chi connectivity index (χ0n) is 9.44. The molecule has 0 unspecified atom stereocenters. The number of carbonyl (C=O) groups is 1. The zero-order chi connectivity index (χ0) is 12.8. The molecule has 0 atom stereocenters. The molecular weight excluding hydrogens is 242 g/mol. The van der Waals surface area contributed by atoms with Crippen LogP contribution in [0, 0.1) is 28.9 Å². The molecule has 1 rings (SSSR count). The molecule has 1 N–H and O–H groups in total. The summed E-state index contributed by atoms with van der Waals surface area (Å²) in [5, 5.41) is 10.7. The molecule has 7 heteroatoms. The van der Waals surface area contributed by atoms with Crippen LogP contribution in [-0.2, 0) is 4.79 Å². The Morgan fingerprint density at radius 2 is 2.35 bits per heavy atom. The van der Waals surface area contributed by atoms with Crippen LogP contribution in [0.2, 0.25) is 0 Å². The molecule has 0 saturated carbocycles. The smallest absolute Gasteiger partial charge is 0.356 e. The molecule has 0 aliphatic carbocycles. The second-order valence-corrected chi connectivity index (χ2v) is 4.44. The average Bonchev–Trinajstić information content (AvgIpc) is 2.59. The summed E-state index contributed by atoms with van der Waals surface area (Å²) in [6.45, 7) is 3.11. The molecule has 1 aromatic heterocycles. The molecule has 17 heavy (non-hydrogen) atoms. The number of carbonyl (C=O) groups excluding carboxylic acids is 1. The number of hydrogen-bond acceptors (Lipinski definition) is 5. The molecule has 0 aliphatic rings. The average molecular weight is 253 g/mol. The quantitative estimate of drug-likeness (QED) is 0.383. The summed E-state index contributed by atoms with van der Waals surface area (Å²) in [7, 11) is 0. The highest BCUT2D eigenvalue weighted by Gasteiger charge is 2.15. The molecule has 0 aromatic carbocycles. The predicted molar refractivity (Wildman–Crippen MR) is 64.6 cm³/mol. The van der Waals surface area contributed by atoms with Crippen molar-refractivity contribution in [2.45, 2.75) is 20.3 Å². The summed E-state index contributed by atoms with van der Waals surface area (Å²) in [5.74, 6) is 6.24. The van der Waals surface area contributed by atoms with Gasteiger partial charge in [-0.3, -0.25) is 4.79 Å². The number of hydrogen-bond donors (Lipinski definition) is 1. The first-order valence-electron chi connectivity index (χ1n) is 4.84. The Kier molecular flexibility index (Phi) is 4.72. The Morgan fingerprint density at radius 1 is 1.65 bits per heavy atom. The van der Waals surface area contributed by atoms with Crippen LogP contribution in [0.3, 0.4) is 0 Å². The van der Waals surface area contributed by atoms with Crippen molar-refractivity contribution in [3.63, 3.8) is 0 Å². The fourth-order valence-electron chi connectivity index (χ4n) is 1.09. The summed E-state index contributed by atoms with van der Waals surface area (Å²) in [6, 6.07) is 0. The first-order valence-corrected chi connectivity index (χ1v) is 5.82. The lowest BCUT2D eigenvalue weighted by Crippen LogP contribution is -1.91. The van der Waals surface area contributed by atoms with Gasteiger partial charge >= 0.3 is 5.82 Å². The minimum atomic E-state index is -0.547. The molecule has 0 bridgehead atoms. The summed E-state index contributed by atoms with van der Waals surface area (Å²) >= 11 is 1.18. The van der Waals surface area contributed by atoms with Crippen LogP contribution >= 0.6 is 11.8 Å². The molecule has 6 nitrogen and oxygen atoms in total. The van der Waals surface area contributed by atoms with Gasteiger partial charge in [-0.15, -0.1) is 0 Å². The third kappa shape index (κ3) is 4.28. The number of H-pyrrole nitrogens is 1. The molecule has 90 valence electrons. The van der Waals surface area contributed by atoms with Gasteiger partial charge in [0.25, 0.3) is 0 Å². The number of aryl methyl sites for hydroxylation is 1. The molecule has 0 radical (unpaired) electrons. The summed E-state index contributed by atoms with van der Waals surface area (Å²) in [4.78, 5) is 27.2. The molecule has 1 heterocycles. The molecular formula is C10H11N3O3S. The topological polar surface area (TPSA) is 88.9 Å². The van der Waals surface area contributed by atoms with E-state index in [0.717, 1.165) is 0 Å². The van der Waals surface area contributed by atoms with Gasteiger partial charge in [0.1, 0.15) is 0 Å². The van der Waals surface area contributed by atoms with Crippen molar-refractivity contribution in [3.05, 3.63) is 21.6 Å². The fourth-order valence-corrected chi connectivity index (χ4v) is 1.58. The van der Waals surface area contributed by atoms with Gasteiger partial charge in [-0.2, -0.15) is 4.98 Å². The third-order valence-corrected chi connectivity index (χ3v) is 2.54. The van der Waals surface area contributed by atoms with Gasteiger partial charge in [0.15, 0.2) is 10.9 Å². The fraction of sp³-hybridized carbons (Fsp3) is 0.400. The van der Waals surface area contributed by atoms with Gasteiger partial charge in [-0.25, -0.2) is 4.98 Å². The third-order valence-electron chi connectivity index (χ3n) is 1.72. The Bertz CT molecular complexity index is 499. The highest BCUT2D eigenvalue weighted by atomic mass is 32.2. The van der Waals surface area contributed by atoms with Crippen molar-refractivity contribution < 1.29 is 9.72 Å². The Hall–Kier alpha value is -1.81. The van der Waals surface area contributed by atoms with Crippen molar-refractivity contribution in [2.75, 3.05) is 5.75 Å². The second-order valence-electron chi connectivity index (χ2n) is 3.17. The standard InChI is InChI=1S/C10H11N3O3S/c1-7-11-9(10(12-7)13(15)16)5-3-4-6-17-8(2)14/h4,6H2,1-2H3,(H,11,12). The maximum atomic E-state index is 10.6. The molecule has 0 saturated heterocycles. The summed E-state index contributed by atoms with van der Waals surface area (Å²) in [5.41, 5.74) is 0.139. The Labute approximate surface area is 102 Å². The first kappa shape index (κ1) is 13.3. The molecule has 0 spiro atoms. The monoisotopic (exact) mass is 253 g/mol. The van der Waals surface area contributed by atoms with E-state index in [-0.39, 0.29) is 16.6 Å². The second kappa shape index (κ2) is 6.06. The van der Waals surface area contributed by atoms with Crippen molar-refractivity contribution in [1.29, 1.82) is 0 Å². The van der Waals surface area contributed by atoms with Gasteiger partial charge in [-0.1, -0.05) is 17.7 Å². The summed E-state index contributed by atoms with van der Waals surface area (Å²) in [6.07, 6.45) is 0.493. The van der Waals surface area contributed by atoms with Crippen LogP contribution in [0.1, 0.15) is 24.9 Å². The number of nitro groups is 1. The molecule has 0 aliphatic heterocycles. The van der Waals surface area contributed by atoms with E-state index in [9.17, 15) is 14.9 Å². The van der Waals surface area contributed by atoms with E-state index < -0.39 is 4.92 Å². The van der Waals surface area contributed by atoms with Crippen molar-refractivity contribution >= 4 is 22.7 Å². The lowest BCUT2D eigenvalue weighted by molar-refractivity contribution is -0.389. The van der Waals surface area contributed by atoms with E-state index in [2.05, 4.69) is 21.8 Å². The van der Waals surface area contributed by atoms with E-state index in [0.29, 0.717) is 18.0 Å². The SMILES string of the molecule is CC(=O)SCCC#Cc1nc(C)[nH]c1[N+](=O)[O-]. The van der Waals surface area contributed by atoms with Crippen LogP contribution in [0.25, 0.3) is 0 Å². The molecule has 0 fully saturated rings. The number of thioether (sulfide) groups is 1. The Balaban J connectivity index is 2.65. The van der Waals surface area contributed by atoms with Crippen LogP contribution in [0.4, 0.5) is 5.82 Å². The maximum Gasteiger partial charge on any atom is 0.356 e. The van der Waals surface area contributed by atoms with Crippen LogP contribution < -0.4 is 0 Å². The number of aromatic nitrogens is 2. The number of imidazole rings is 1. The van der Waals surface area contributed by atoms with Crippen molar-refractivity contribution in [1.82, 2.24) is 9.97 Å². The predicted octanol–water partition coefficient (Wildman–Crippen LogP) is 1.65. The normalized spacial score (nSPS) is 9.53. The van der Waals surface area contributed by atoms with Crippen molar-refractivity contribution in [3.8, 4) is 11.8 Å². The number of nitrogens with one attached hydrogen (secondary N) is 1. The van der Waals surface area contributed by atoms with Gasteiger partial charge in [0.05, 0.1) is 0 Å². The first-order chi connectivity index (χ1) is 8.00. The van der Waals surface area contributed by atoms with Gasteiger partial charge in [-0.05, 0) is 10.8 Å². The number of nitrogens with zero attached hydrogens (tertiary/aromatic N) is 2. The van der Waals surface area contributed by atoms with E-state index in [1.807, 2.05) is 0 Å². The zero-order valence-corrected chi connectivity index (χ0v) is 10.3. The van der Waals surface area contributed by atoms with Crippen LogP contribution in [0.5, 0.6) is 0 Å². The number of rotatable bonds is 3. The number of aromatic amines is 1. The van der Waals surface area contributed by atoms with E-state index >= 15 is 0 Å². The Morgan fingerprint density at radius 3 is 2.94 bits per heavy atom. The van der Waals surface area contributed by atoms with E-state index in [1.54, 1.807) is 6.92 Å². The highest BCUT2D eigenvalue weighted by molar-refractivity contribution is 8.13. The van der Waals surface area contributed by atoms with Crippen LogP contribution in [-0.4, -0.2) is 25.8 Å². The van der Waals surface area contributed by atoms with Gasteiger partial charge in [0.2, 0.25) is 5.69 Å². The van der Waals surface area contributed by atoms with Gasteiger partial charge < -0.3 is 10.1 Å². The molecule has 1 aromatic rings. The van der Waals surface area contributed by atoms with Crippen LogP contribution in [0.15, 0.2) is 0 Å². The lowest BCUT2D eigenvalue weighted by Gasteiger charge is -1.89. The minimum absolute atomic E-state index is 0.0356. The van der Waals surface area contributed by atoms with E-state index in [4.69, 9.17) is 0 Å². The maximum absolute atomic E-state index is 10.6. The minimum Gasteiger partial charge on any atom is -0.358 e. The van der Waals surface area contributed by atoms with Gasteiger partial charge in [0, 0.05) is 26.0 Å². The summed E-state index contributed by atoms with van der Waals surface area (Å²) < 4.78 is 0. The largest absolute Gasteiger partial charge is 0.358 e.